The van der Waals surface area contributed by atoms with Crippen molar-refractivity contribution >= 4 is 5.82 Å². The summed E-state index contributed by atoms with van der Waals surface area (Å²) in [6, 6.07) is 6.27. The average Bonchev–Trinajstić information content (AvgIpc) is 2.36. The Kier molecular flexibility index (Phi) is 3.79. The molecule has 0 fully saturated rings. The molecule has 2 rings (SSSR count). The van der Waals surface area contributed by atoms with Crippen molar-refractivity contribution in [1.82, 2.24) is 9.97 Å². The van der Waals surface area contributed by atoms with Gasteiger partial charge in [0.15, 0.2) is 11.6 Å². The van der Waals surface area contributed by atoms with E-state index in [-0.39, 0.29) is 5.82 Å². The molecule has 0 spiro atoms. The second-order valence-corrected chi connectivity index (χ2v) is 4.88. The molecule has 1 aromatic heterocycles. The van der Waals surface area contributed by atoms with Gasteiger partial charge in [-0.2, -0.15) is 0 Å². The van der Waals surface area contributed by atoms with Crippen LogP contribution in [0.1, 0.15) is 22.4 Å². The number of anilines is 1. The highest BCUT2D eigenvalue weighted by Gasteiger charge is 2.13. The van der Waals surface area contributed by atoms with Crippen LogP contribution in [-0.4, -0.2) is 17.0 Å². The second-order valence-electron chi connectivity index (χ2n) is 4.88. The molecule has 0 aliphatic heterocycles. The summed E-state index contributed by atoms with van der Waals surface area (Å²) in [7, 11) is 1.84. The monoisotopic (exact) mass is 259 g/mol. The summed E-state index contributed by atoms with van der Waals surface area (Å²) in [5.74, 6) is -0.0118. The highest BCUT2D eigenvalue weighted by atomic mass is 19.1. The van der Waals surface area contributed by atoms with E-state index in [0.717, 1.165) is 0 Å². The molecule has 0 amide bonds. The molecule has 0 radical (unpaired) electrons. The molecule has 1 heterocycles. The summed E-state index contributed by atoms with van der Waals surface area (Å²) in [6.07, 6.45) is 1.40. The molecule has 2 aromatic rings. The Morgan fingerprint density at radius 2 is 1.89 bits per heavy atom. The van der Waals surface area contributed by atoms with Crippen molar-refractivity contribution in [3.63, 3.8) is 0 Å². The van der Waals surface area contributed by atoms with Crippen molar-refractivity contribution in [2.45, 2.75) is 27.3 Å². The first kappa shape index (κ1) is 13.5. The van der Waals surface area contributed by atoms with Gasteiger partial charge in [0.05, 0.1) is 5.69 Å². The van der Waals surface area contributed by atoms with Gasteiger partial charge in [-0.3, -0.25) is 0 Å². The number of aromatic nitrogens is 2. The first-order chi connectivity index (χ1) is 8.99. The molecule has 0 bridgehead atoms. The maximum absolute atomic E-state index is 14.0. The van der Waals surface area contributed by atoms with Crippen LogP contribution in [0, 0.1) is 26.6 Å². The smallest absolute Gasteiger partial charge is 0.186 e. The van der Waals surface area contributed by atoms with Gasteiger partial charge in [-0.05, 0) is 31.9 Å². The number of hydrogen-bond acceptors (Lipinski definition) is 3. The van der Waals surface area contributed by atoms with E-state index in [0.29, 0.717) is 18.1 Å². The number of benzene rings is 1. The van der Waals surface area contributed by atoms with Crippen molar-refractivity contribution in [1.29, 1.82) is 0 Å². The van der Waals surface area contributed by atoms with Crippen LogP contribution in [0.3, 0.4) is 0 Å². The maximum Gasteiger partial charge on any atom is 0.186 e. The molecule has 0 saturated carbocycles. The van der Waals surface area contributed by atoms with Gasteiger partial charge in [0, 0.05) is 13.6 Å². The van der Waals surface area contributed by atoms with Crippen LogP contribution in [0.5, 0.6) is 0 Å². The molecule has 0 atom stereocenters. The first-order valence-electron chi connectivity index (χ1n) is 6.23. The third kappa shape index (κ3) is 2.89. The third-order valence-electron chi connectivity index (χ3n) is 3.21. The van der Waals surface area contributed by atoms with Crippen LogP contribution < -0.4 is 4.90 Å². The van der Waals surface area contributed by atoms with Crippen LogP contribution in [0.25, 0.3) is 0 Å². The standard InChI is InChI=1S/C15H18FN3/c1-10-5-6-13(11(2)7-10)8-19(4)15-14(16)12(3)17-9-18-15/h5-7,9H,8H2,1-4H3. The molecule has 1 aromatic carbocycles. The van der Waals surface area contributed by atoms with Crippen molar-refractivity contribution in [2.75, 3.05) is 11.9 Å². The molecule has 0 aliphatic rings. The Hall–Kier alpha value is -1.97. The number of halogens is 1. The van der Waals surface area contributed by atoms with Gasteiger partial charge in [0.25, 0.3) is 0 Å². The van der Waals surface area contributed by atoms with Gasteiger partial charge in [-0.25, -0.2) is 14.4 Å². The Balaban J connectivity index is 2.25. The van der Waals surface area contributed by atoms with Gasteiger partial charge in [0.1, 0.15) is 6.33 Å². The second kappa shape index (κ2) is 5.34. The molecule has 3 nitrogen and oxygen atoms in total. The van der Waals surface area contributed by atoms with Crippen LogP contribution in [0.2, 0.25) is 0 Å². The lowest BCUT2D eigenvalue weighted by molar-refractivity contribution is 0.595. The van der Waals surface area contributed by atoms with Gasteiger partial charge in [-0.1, -0.05) is 23.8 Å². The molecule has 0 aliphatic carbocycles. The van der Waals surface area contributed by atoms with Crippen LogP contribution in [-0.2, 0) is 6.54 Å². The zero-order chi connectivity index (χ0) is 14.0. The van der Waals surface area contributed by atoms with Crippen LogP contribution >= 0.6 is 0 Å². The molecular formula is C15H18FN3. The molecule has 100 valence electrons. The van der Waals surface area contributed by atoms with E-state index < -0.39 is 0 Å². The zero-order valence-corrected chi connectivity index (χ0v) is 11.7. The van der Waals surface area contributed by atoms with E-state index in [2.05, 4.69) is 42.0 Å². The summed E-state index contributed by atoms with van der Waals surface area (Å²) < 4.78 is 14.0. The topological polar surface area (TPSA) is 29.0 Å². The number of aryl methyl sites for hydroxylation is 3. The van der Waals surface area contributed by atoms with Gasteiger partial charge < -0.3 is 4.90 Å². The number of rotatable bonds is 3. The zero-order valence-electron chi connectivity index (χ0n) is 11.7. The molecule has 4 heteroatoms. The fourth-order valence-electron chi connectivity index (χ4n) is 2.07. The lowest BCUT2D eigenvalue weighted by Crippen LogP contribution is -2.20. The normalized spacial score (nSPS) is 10.6. The summed E-state index contributed by atoms with van der Waals surface area (Å²) in [4.78, 5) is 9.67. The Labute approximate surface area is 113 Å². The van der Waals surface area contributed by atoms with E-state index >= 15 is 0 Å². The molecule has 0 unspecified atom stereocenters. The third-order valence-corrected chi connectivity index (χ3v) is 3.21. The fraction of sp³-hybridized carbons (Fsp3) is 0.333. The summed E-state index contributed by atoms with van der Waals surface area (Å²) in [5.41, 5.74) is 3.98. The number of hydrogen-bond donors (Lipinski definition) is 0. The lowest BCUT2D eigenvalue weighted by Gasteiger charge is -2.20. The Morgan fingerprint density at radius 1 is 1.16 bits per heavy atom. The maximum atomic E-state index is 14.0. The minimum atomic E-state index is -0.352. The lowest BCUT2D eigenvalue weighted by atomic mass is 10.1. The average molecular weight is 259 g/mol. The van der Waals surface area contributed by atoms with Crippen molar-refractivity contribution in [3.05, 3.63) is 52.7 Å². The van der Waals surface area contributed by atoms with Gasteiger partial charge >= 0.3 is 0 Å². The minimum Gasteiger partial charge on any atom is -0.353 e. The quantitative estimate of drug-likeness (QED) is 0.847. The fourth-order valence-corrected chi connectivity index (χ4v) is 2.07. The van der Waals surface area contributed by atoms with Crippen LogP contribution in [0.15, 0.2) is 24.5 Å². The molecule has 0 N–H and O–H groups in total. The van der Waals surface area contributed by atoms with E-state index in [1.165, 1.54) is 23.0 Å². The molecule has 0 saturated heterocycles. The van der Waals surface area contributed by atoms with Crippen molar-refractivity contribution in [3.8, 4) is 0 Å². The summed E-state index contributed by atoms with van der Waals surface area (Å²) in [5, 5.41) is 0. The highest BCUT2D eigenvalue weighted by molar-refractivity contribution is 5.42. The minimum absolute atomic E-state index is 0.340. The van der Waals surface area contributed by atoms with Crippen LogP contribution in [0.4, 0.5) is 10.2 Å². The van der Waals surface area contributed by atoms with E-state index in [9.17, 15) is 4.39 Å². The van der Waals surface area contributed by atoms with E-state index in [4.69, 9.17) is 0 Å². The highest BCUT2D eigenvalue weighted by Crippen LogP contribution is 2.19. The molecular weight excluding hydrogens is 241 g/mol. The predicted molar refractivity (Wildman–Crippen MR) is 74.8 cm³/mol. The number of nitrogens with zero attached hydrogens (tertiary/aromatic N) is 3. The SMILES string of the molecule is Cc1ccc(CN(C)c2ncnc(C)c2F)c(C)c1. The van der Waals surface area contributed by atoms with Crippen molar-refractivity contribution < 1.29 is 4.39 Å². The Morgan fingerprint density at radius 3 is 2.58 bits per heavy atom. The predicted octanol–water partition coefficient (Wildman–Crippen LogP) is 3.18. The summed E-state index contributed by atoms with van der Waals surface area (Å²) >= 11 is 0. The van der Waals surface area contributed by atoms with E-state index in [1.54, 1.807) is 6.92 Å². The largest absolute Gasteiger partial charge is 0.353 e. The van der Waals surface area contributed by atoms with Gasteiger partial charge in [-0.15, -0.1) is 0 Å². The van der Waals surface area contributed by atoms with Gasteiger partial charge in [0.2, 0.25) is 0 Å². The summed E-state index contributed by atoms with van der Waals surface area (Å²) in [6.45, 7) is 6.40. The Bertz CT molecular complexity index is 596. The molecule has 19 heavy (non-hydrogen) atoms. The first-order valence-corrected chi connectivity index (χ1v) is 6.23. The van der Waals surface area contributed by atoms with Crippen molar-refractivity contribution in [2.24, 2.45) is 0 Å². The van der Waals surface area contributed by atoms with E-state index in [1.807, 2.05) is 11.9 Å².